The average molecular weight is 477 g/mol. The van der Waals surface area contributed by atoms with Crippen molar-refractivity contribution < 1.29 is 4.92 Å². The summed E-state index contributed by atoms with van der Waals surface area (Å²) in [6.07, 6.45) is 1.70. The van der Waals surface area contributed by atoms with Crippen molar-refractivity contribution in [2.75, 3.05) is 5.32 Å². The summed E-state index contributed by atoms with van der Waals surface area (Å²) in [6.45, 7) is 6.21. The van der Waals surface area contributed by atoms with Crippen molar-refractivity contribution in [3.63, 3.8) is 0 Å². The second kappa shape index (κ2) is 8.20. The van der Waals surface area contributed by atoms with Crippen molar-refractivity contribution in [1.29, 1.82) is 0 Å². The van der Waals surface area contributed by atoms with Gasteiger partial charge in [0.15, 0.2) is 6.17 Å². The molecular formula is C28H24N6O2. The van der Waals surface area contributed by atoms with Gasteiger partial charge in [0.25, 0.3) is 5.69 Å². The Morgan fingerprint density at radius 2 is 1.69 bits per heavy atom. The molecule has 36 heavy (non-hydrogen) atoms. The minimum atomic E-state index is -0.392. The first-order valence-electron chi connectivity index (χ1n) is 11.7. The molecule has 3 heterocycles. The highest BCUT2D eigenvalue weighted by Gasteiger charge is 2.31. The van der Waals surface area contributed by atoms with Gasteiger partial charge in [0.05, 0.1) is 27.7 Å². The van der Waals surface area contributed by atoms with E-state index in [0.717, 1.165) is 50.7 Å². The number of aryl methyl sites for hydroxylation is 3. The van der Waals surface area contributed by atoms with Crippen LogP contribution in [0.1, 0.15) is 28.6 Å². The fraction of sp³-hybridized carbons (Fsp3) is 0.143. The van der Waals surface area contributed by atoms with Crippen molar-refractivity contribution in [2.24, 2.45) is 0 Å². The molecule has 5 aromatic rings. The van der Waals surface area contributed by atoms with Gasteiger partial charge >= 0.3 is 0 Å². The Hall–Kier alpha value is -4.72. The molecule has 0 bridgehead atoms. The molecule has 8 nitrogen and oxygen atoms in total. The zero-order chi connectivity index (χ0) is 25.0. The van der Waals surface area contributed by atoms with Crippen LogP contribution >= 0.6 is 0 Å². The summed E-state index contributed by atoms with van der Waals surface area (Å²) in [4.78, 5) is 10.8. The molecule has 0 fully saturated rings. The van der Waals surface area contributed by atoms with Crippen molar-refractivity contribution in [2.45, 2.75) is 26.9 Å². The molecule has 3 aromatic carbocycles. The van der Waals surface area contributed by atoms with Crippen molar-refractivity contribution in [1.82, 2.24) is 19.6 Å². The van der Waals surface area contributed by atoms with E-state index in [1.54, 1.807) is 12.1 Å². The maximum atomic E-state index is 11.2. The Kier molecular flexibility index (Phi) is 4.96. The molecule has 2 aromatic heterocycles. The maximum Gasteiger partial charge on any atom is 0.269 e. The van der Waals surface area contributed by atoms with E-state index in [4.69, 9.17) is 10.2 Å². The number of non-ortho nitro benzene ring substituents is 1. The maximum absolute atomic E-state index is 11.2. The largest absolute Gasteiger partial charge is 0.359 e. The van der Waals surface area contributed by atoms with Crippen LogP contribution in [0.2, 0.25) is 0 Å². The third kappa shape index (κ3) is 3.54. The molecule has 0 saturated carbocycles. The van der Waals surface area contributed by atoms with E-state index in [9.17, 15) is 10.1 Å². The van der Waals surface area contributed by atoms with Gasteiger partial charge < -0.3 is 5.32 Å². The monoisotopic (exact) mass is 476 g/mol. The van der Waals surface area contributed by atoms with E-state index < -0.39 is 4.92 Å². The molecule has 178 valence electrons. The van der Waals surface area contributed by atoms with Gasteiger partial charge in [0, 0.05) is 40.7 Å². The zero-order valence-electron chi connectivity index (χ0n) is 20.1. The third-order valence-corrected chi connectivity index (χ3v) is 6.55. The van der Waals surface area contributed by atoms with E-state index in [1.807, 2.05) is 52.8 Å². The van der Waals surface area contributed by atoms with E-state index in [2.05, 4.69) is 37.4 Å². The molecule has 1 unspecified atom stereocenters. The lowest BCUT2D eigenvalue weighted by Crippen LogP contribution is -2.26. The highest BCUT2D eigenvalue weighted by Crippen LogP contribution is 2.43. The number of benzene rings is 3. The Balaban J connectivity index is 1.56. The number of aromatic nitrogens is 4. The standard InChI is InChI=1S/C28H24N6O2/c1-17-13-18(2)26-23(14-17)25-15-19(3)30-33(25)28(29-26)24-16-32(21-7-5-4-6-8-21)31-27(24)20-9-11-22(12-10-20)34(35)36/h4-16,28-29H,1-3H3. The van der Waals surface area contributed by atoms with Crippen molar-refractivity contribution in [3.05, 3.63) is 111 Å². The molecule has 1 atom stereocenters. The number of nitrogens with one attached hydrogen (secondary N) is 1. The average Bonchev–Trinajstić information content (AvgIpc) is 3.48. The number of hydrogen-bond donors (Lipinski definition) is 1. The Labute approximate surface area is 208 Å². The van der Waals surface area contributed by atoms with Crippen LogP contribution in [0.15, 0.2) is 79.0 Å². The fourth-order valence-corrected chi connectivity index (χ4v) is 4.95. The summed E-state index contributed by atoms with van der Waals surface area (Å²) in [5.41, 5.74) is 9.93. The van der Waals surface area contributed by atoms with Gasteiger partial charge in [-0.3, -0.25) is 10.1 Å². The van der Waals surface area contributed by atoms with Crippen LogP contribution in [-0.2, 0) is 0 Å². The molecule has 8 heteroatoms. The summed E-state index contributed by atoms with van der Waals surface area (Å²) >= 11 is 0. The van der Waals surface area contributed by atoms with E-state index in [-0.39, 0.29) is 11.9 Å². The molecule has 0 saturated heterocycles. The van der Waals surface area contributed by atoms with Crippen LogP contribution in [0, 0.1) is 30.9 Å². The molecule has 1 aliphatic heterocycles. The van der Waals surface area contributed by atoms with Gasteiger partial charge in [-0.25, -0.2) is 9.36 Å². The number of hydrogen-bond acceptors (Lipinski definition) is 5. The SMILES string of the molecule is Cc1cc(C)c2c(c1)-c1cc(C)nn1C(c1cn(-c3ccccc3)nc1-c1ccc([N+](=O)[O-])cc1)N2. The topological polar surface area (TPSA) is 90.8 Å². The van der Waals surface area contributed by atoms with Crippen LogP contribution in [-0.4, -0.2) is 24.5 Å². The summed E-state index contributed by atoms with van der Waals surface area (Å²) in [5, 5.41) is 24.7. The molecule has 0 radical (unpaired) electrons. The first-order chi connectivity index (χ1) is 17.4. The van der Waals surface area contributed by atoms with Crippen molar-refractivity contribution >= 4 is 11.4 Å². The van der Waals surface area contributed by atoms with Crippen LogP contribution < -0.4 is 5.32 Å². The smallest absolute Gasteiger partial charge is 0.269 e. The molecule has 6 rings (SSSR count). The zero-order valence-corrected chi connectivity index (χ0v) is 20.1. The quantitative estimate of drug-likeness (QED) is 0.246. The number of anilines is 1. The van der Waals surface area contributed by atoms with Crippen LogP contribution in [0.25, 0.3) is 28.2 Å². The Bertz CT molecular complexity index is 1620. The van der Waals surface area contributed by atoms with Crippen LogP contribution in [0.5, 0.6) is 0 Å². The normalized spacial score (nSPS) is 14.1. The summed E-state index contributed by atoms with van der Waals surface area (Å²) in [6, 6.07) is 22.9. The predicted octanol–water partition coefficient (Wildman–Crippen LogP) is 6.21. The molecule has 0 aliphatic carbocycles. The highest BCUT2D eigenvalue weighted by atomic mass is 16.6. The number of rotatable bonds is 4. The first kappa shape index (κ1) is 21.8. The molecule has 1 N–H and O–H groups in total. The lowest BCUT2D eigenvalue weighted by Gasteiger charge is -2.30. The first-order valence-corrected chi connectivity index (χ1v) is 11.7. The van der Waals surface area contributed by atoms with E-state index >= 15 is 0 Å². The van der Waals surface area contributed by atoms with Crippen LogP contribution in [0.3, 0.4) is 0 Å². The predicted molar refractivity (Wildman–Crippen MR) is 139 cm³/mol. The molecule has 0 spiro atoms. The van der Waals surface area contributed by atoms with Gasteiger partial charge in [-0.1, -0.05) is 29.8 Å². The summed E-state index contributed by atoms with van der Waals surface area (Å²) in [7, 11) is 0. The lowest BCUT2D eigenvalue weighted by atomic mass is 9.97. The Morgan fingerprint density at radius 1 is 0.944 bits per heavy atom. The van der Waals surface area contributed by atoms with Gasteiger partial charge in [0.1, 0.15) is 0 Å². The minimum absolute atomic E-state index is 0.0449. The second-order valence-corrected chi connectivity index (χ2v) is 9.18. The number of nitrogens with zero attached hydrogens (tertiary/aromatic N) is 5. The minimum Gasteiger partial charge on any atom is -0.359 e. The van der Waals surface area contributed by atoms with Gasteiger partial charge in [-0.05, 0) is 62.7 Å². The molecule has 0 amide bonds. The number of para-hydroxylation sites is 1. The fourth-order valence-electron chi connectivity index (χ4n) is 4.95. The Morgan fingerprint density at radius 3 is 2.42 bits per heavy atom. The lowest BCUT2D eigenvalue weighted by molar-refractivity contribution is -0.384. The van der Waals surface area contributed by atoms with Crippen molar-refractivity contribution in [3.8, 4) is 28.2 Å². The van der Waals surface area contributed by atoms with E-state index in [1.165, 1.54) is 17.7 Å². The molecular weight excluding hydrogens is 452 g/mol. The third-order valence-electron chi connectivity index (χ3n) is 6.55. The second-order valence-electron chi connectivity index (χ2n) is 9.18. The molecule has 1 aliphatic rings. The summed E-state index contributed by atoms with van der Waals surface area (Å²) in [5.74, 6) is 0. The summed E-state index contributed by atoms with van der Waals surface area (Å²) < 4.78 is 3.86. The highest BCUT2D eigenvalue weighted by molar-refractivity contribution is 5.82. The number of nitro groups is 1. The van der Waals surface area contributed by atoms with Crippen LogP contribution in [0.4, 0.5) is 11.4 Å². The number of fused-ring (bicyclic) bond motifs is 3. The van der Waals surface area contributed by atoms with E-state index in [0.29, 0.717) is 0 Å². The van der Waals surface area contributed by atoms with Gasteiger partial charge in [0.2, 0.25) is 0 Å². The number of nitro benzene ring substituents is 1. The van der Waals surface area contributed by atoms with Gasteiger partial charge in [-0.15, -0.1) is 0 Å². The van der Waals surface area contributed by atoms with Gasteiger partial charge in [-0.2, -0.15) is 10.2 Å².